The Morgan fingerprint density at radius 3 is 2.49 bits per heavy atom. The largest absolute Gasteiger partial charge is 0.445 e. The first-order valence-corrected chi connectivity index (χ1v) is 15.6. The molecule has 1 aliphatic heterocycles. The average molecular weight is 635 g/mol. The van der Waals surface area contributed by atoms with E-state index in [0.717, 1.165) is 27.7 Å². The highest BCUT2D eigenvalue weighted by molar-refractivity contribution is 5.83. The number of fused-ring (bicyclic) bond motifs is 1. The third kappa shape index (κ3) is 7.49. The van der Waals surface area contributed by atoms with E-state index in [1.807, 2.05) is 99.0 Å². The third-order valence-corrected chi connectivity index (χ3v) is 7.89. The molecular formula is C35H38N8O4. The van der Waals surface area contributed by atoms with Crippen molar-refractivity contribution in [1.29, 1.82) is 0 Å². The van der Waals surface area contributed by atoms with E-state index in [2.05, 4.69) is 20.3 Å². The molecule has 5 aromatic rings. The minimum Gasteiger partial charge on any atom is -0.445 e. The maximum atomic E-state index is 13.4. The Morgan fingerprint density at radius 2 is 1.72 bits per heavy atom. The molecule has 2 amide bonds. The zero-order chi connectivity index (χ0) is 33.0. The highest BCUT2D eigenvalue weighted by atomic mass is 16.6. The number of rotatable bonds is 7. The van der Waals surface area contributed by atoms with Crippen molar-refractivity contribution in [3.8, 4) is 16.9 Å². The molecule has 12 nitrogen and oxygen atoms in total. The molecule has 6 rings (SSSR count). The van der Waals surface area contributed by atoms with Crippen LogP contribution < -0.4 is 5.32 Å². The van der Waals surface area contributed by atoms with Gasteiger partial charge in [-0.1, -0.05) is 36.4 Å². The van der Waals surface area contributed by atoms with Gasteiger partial charge in [-0.15, -0.1) is 0 Å². The second-order valence-corrected chi connectivity index (χ2v) is 12.5. The zero-order valence-electron chi connectivity index (χ0n) is 26.9. The molecule has 0 saturated carbocycles. The molecule has 47 heavy (non-hydrogen) atoms. The number of pyridine rings is 1. The van der Waals surface area contributed by atoms with E-state index >= 15 is 0 Å². The number of benzene rings is 2. The van der Waals surface area contributed by atoms with Crippen LogP contribution >= 0.6 is 0 Å². The number of carbonyl (C=O) groups is 2. The van der Waals surface area contributed by atoms with Crippen LogP contribution in [0.1, 0.15) is 33.3 Å². The molecule has 12 heteroatoms. The van der Waals surface area contributed by atoms with Crippen LogP contribution in [0.4, 0.5) is 15.5 Å². The summed E-state index contributed by atoms with van der Waals surface area (Å²) in [6.07, 6.45) is 6.06. The summed E-state index contributed by atoms with van der Waals surface area (Å²) in [5.74, 6) is 1.00. The fourth-order valence-corrected chi connectivity index (χ4v) is 5.53. The monoisotopic (exact) mass is 634 g/mol. The smallest absolute Gasteiger partial charge is 0.410 e. The molecule has 1 aliphatic rings. The SMILES string of the molecule is CC(Nc1nccc(-n2cnc3cc(-c4ccncc4)ccc32)n1)C1CN(C(=O)OC(C)(C)C)CCN1C(=O)OCc1ccccc1. The van der Waals surface area contributed by atoms with Gasteiger partial charge in [0.1, 0.15) is 24.4 Å². The van der Waals surface area contributed by atoms with Crippen LogP contribution in [0.3, 0.4) is 0 Å². The van der Waals surface area contributed by atoms with Crippen LogP contribution in [0, 0.1) is 0 Å². The molecule has 1 N–H and O–H groups in total. The summed E-state index contributed by atoms with van der Waals surface area (Å²) in [7, 11) is 0. The lowest BCUT2D eigenvalue weighted by Gasteiger charge is -2.43. The van der Waals surface area contributed by atoms with Gasteiger partial charge in [-0.2, -0.15) is 4.98 Å². The number of imidazole rings is 1. The molecule has 242 valence electrons. The Morgan fingerprint density at radius 1 is 0.936 bits per heavy atom. The van der Waals surface area contributed by atoms with E-state index in [0.29, 0.717) is 18.3 Å². The molecular weight excluding hydrogens is 596 g/mol. The maximum absolute atomic E-state index is 13.4. The molecule has 2 aromatic carbocycles. The van der Waals surface area contributed by atoms with Crippen LogP contribution in [-0.2, 0) is 16.1 Å². The second-order valence-electron chi connectivity index (χ2n) is 12.5. The highest BCUT2D eigenvalue weighted by Crippen LogP contribution is 2.25. The molecule has 0 radical (unpaired) electrons. The molecule has 0 bridgehead atoms. The summed E-state index contributed by atoms with van der Waals surface area (Å²) in [5, 5.41) is 3.37. The Kier molecular flexibility index (Phi) is 9.01. The number of hydrogen-bond acceptors (Lipinski definition) is 9. The van der Waals surface area contributed by atoms with Gasteiger partial charge in [0.15, 0.2) is 0 Å². The minimum atomic E-state index is -0.644. The van der Waals surface area contributed by atoms with Crippen molar-refractivity contribution in [2.75, 3.05) is 25.0 Å². The summed E-state index contributed by atoms with van der Waals surface area (Å²) in [4.78, 5) is 47.7. The number of piperazine rings is 1. The summed E-state index contributed by atoms with van der Waals surface area (Å²) in [6, 6.07) is 20.6. The van der Waals surface area contributed by atoms with Gasteiger partial charge in [0, 0.05) is 44.3 Å². The standard InChI is InChI=1S/C35H38N8O4/c1-24(30-21-41(33(44)47-35(2,3)4)18-19-42(30)34(45)46-22-25-8-6-5-7-9-25)39-32-37-17-14-31(40-32)43-23-38-28-20-27(10-11-29(28)43)26-12-15-36-16-13-26/h5-17,20,23-24,30H,18-19,21-22H2,1-4H3,(H,37,39,40). The van der Waals surface area contributed by atoms with Gasteiger partial charge >= 0.3 is 12.2 Å². The van der Waals surface area contributed by atoms with Gasteiger partial charge in [0.05, 0.1) is 17.1 Å². The van der Waals surface area contributed by atoms with Crippen molar-refractivity contribution < 1.29 is 19.1 Å². The van der Waals surface area contributed by atoms with E-state index < -0.39 is 23.8 Å². The number of nitrogens with zero attached hydrogens (tertiary/aromatic N) is 7. The number of aromatic nitrogens is 5. The summed E-state index contributed by atoms with van der Waals surface area (Å²) >= 11 is 0. The van der Waals surface area contributed by atoms with E-state index in [-0.39, 0.29) is 25.7 Å². The normalized spacial score (nSPS) is 15.7. The highest BCUT2D eigenvalue weighted by Gasteiger charge is 2.38. The van der Waals surface area contributed by atoms with Gasteiger partial charge in [-0.25, -0.2) is 19.6 Å². The molecule has 3 aromatic heterocycles. The molecule has 1 saturated heterocycles. The van der Waals surface area contributed by atoms with Crippen LogP contribution in [0.25, 0.3) is 28.0 Å². The lowest BCUT2D eigenvalue weighted by atomic mass is 10.1. The fourth-order valence-electron chi connectivity index (χ4n) is 5.53. The van der Waals surface area contributed by atoms with E-state index in [1.54, 1.807) is 34.7 Å². The maximum Gasteiger partial charge on any atom is 0.410 e. The van der Waals surface area contributed by atoms with E-state index in [4.69, 9.17) is 14.5 Å². The van der Waals surface area contributed by atoms with Crippen molar-refractivity contribution in [3.05, 3.63) is 97.2 Å². The van der Waals surface area contributed by atoms with Crippen LogP contribution in [0.5, 0.6) is 0 Å². The predicted octanol–water partition coefficient (Wildman–Crippen LogP) is 5.94. The van der Waals surface area contributed by atoms with Gasteiger partial charge in [-0.3, -0.25) is 14.5 Å². The first-order chi connectivity index (χ1) is 22.6. The number of amides is 2. The minimum absolute atomic E-state index is 0.147. The third-order valence-electron chi connectivity index (χ3n) is 7.89. The summed E-state index contributed by atoms with van der Waals surface area (Å²) in [6.45, 7) is 8.42. The first-order valence-electron chi connectivity index (χ1n) is 15.6. The van der Waals surface area contributed by atoms with Crippen molar-refractivity contribution >= 4 is 29.2 Å². The molecule has 2 atom stereocenters. The molecule has 4 heterocycles. The zero-order valence-corrected chi connectivity index (χ0v) is 26.9. The Balaban J connectivity index is 1.21. The van der Waals surface area contributed by atoms with Gasteiger partial charge in [0.2, 0.25) is 5.95 Å². The predicted molar refractivity (Wildman–Crippen MR) is 178 cm³/mol. The van der Waals surface area contributed by atoms with Crippen molar-refractivity contribution in [1.82, 2.24) is 34.3 Å². The van der Waals surface area contributed by atoms with E-state index in [1.165, 1.54) is 0 Å². The summed E-state index contributed by atoms with van der Waals surface area (Å²) in [5.41, 5.74) is 4.08. The van der Waals surface area contributed by atoms with Crippen molar-refractivity contribution in [3.63, 3.8) is 0 Å². The van der Waals surface area contributed by atoms with Crippen LogP contribution in [0.15, 0.2) is 91.6 Å². The quantitative estimate of drug-likeness (QED) is 0.232. The van der Waals surface area contributed by atoms with Gasteiger partial charge in [0.25, 0.3) is 0 Å². The van der Waals surface area contributed by atoms with Crippen molar-refractivity contribution in [2.45, 2.75) is 52.0 Å². The number of anilines is 1. The number of nitrogens with one attached hydrogen (secondary N) is 1. The Labute approximate surface area is 273 Å². The summed E-state index contributed by atoms with van der Waals surface area (Å²) < 4.78 is 13.2. The molecule has 1 fully saturated rings. The van der Waals surface area contributed by atoms with Gasteiger partial charge < -0.3 is 19.7 Å². The average Bonchev–Trinajstić information content (AvgIpc) is 3.51. The van der Waals surface area contributed by atoms with Gasteiger partial charge in [-0.05, 0) is 74.7 Å². The molecule has 0 spiro atoms. The number of carbonyl (C=O) groups excluding carboxylic acids is 2. The fraction of sp³-hybridized carbons (Fsp3) is 0.314. The topological polar surface area (TPSA) is 128 Å². The van der Waals surface area contributed by atoms with E-state index in [9.17, 15) is 9.59 Å². The molecule has 0 aliphatic carbocycles. The lowest BCUT2D eigenvalue weighted by Crippen LogP contribution is -2.61. The second kappa shape index (κ2) is 13.5. The molecule has 2 unspecified atom stereocenters. The van der Waals surface area contributed by atoms with Crippen LogP contribution in [0.2, 0.25) is 0 Å². The lowest BCUT2D eigenvalue weighted by molar-refractivity contribution is -0.000537. The number of hydrogen-bond donors (Lipinski definition) is 1. The first kappa shape index (κ1) is 31.5. The number of ether oxygens (including phenoxy) is 2. The Bertz CT molecular complexity index is 1840. The van der Waals surface area contributed by atoms with Crippen molar-refractivity contribution in [2.24, 2.45) is 0 Å². The Hall–Kier alpha value is -5.52. The van der Waals surface area contributed by atoms with Crippen LogP contribution in [-0.4, -0.2) is 83.8 Å².